The zero-order valence-electron chi connectivity index (χ0n) is 12.2. The van der Waals surface area contributed by atoms with E-state index in [0.717, 1.165) is 12.5 Å². The summed E-state index contributed by atoms with van der Waals surface area (Å²) in [6.07, 6.45) is 3.78. The van der Waals surface area contributed by atoms with E-state index in [0.29, 0.717) is 0 Å². The SMILES string of the molecule is CC(C)CCC(C)(CN)N1CCCN(C)CC1. The molecule has 17 heavy (non-hydrogen) atoms. The molecule has 0 aromatic heterocycles. The Labute approximate surface area is 107 Å². The number of hydrogen-bond donors (Lipinski definition) is 1. The first-order valence-corrected chi connectivity index (χ1v) is 7.11. The highest BCUT2D eigenvalue weighted by molar-refractivity contribution is 4.89. The first-order valence-electron chi connectivity index (χ1n) is 7.11. The van der Waals surface area contributed by atoms with Crippen molar-refractivity contribution in [2.75, 3.05) is 39.8 Å². The third-order valence-corrected chi connectivity index (χ3v) is 4.18. The van der Waals surface area contributed by atoms with Crippen LogP contribution in [0.1, 0.15) is 40.0 Å². The number of nitrogens with two attached hydrogens (primary N) is 1. The molecule has 0 aliphatic carbocycles. The first kappa shape index (κ1) is 14.9. The van der Waals surface area contributed by atoms with Crippen LogP contribution < -0.4 is 5.73 Å². The Kier molecular flexibility index (Phi) is 5.90. The molecular weight excluding hydrogens is 210 g/mol. The Morgan fingerprint density at radius 1 is 1.18 bits per heavy atom. The molecule has 0 radical (unpaired) electrons. The average molecular weight is 241 g/mol. The van der Waals surface area contributed by atoms with Crippen LogP contribution in [0.5, 0.6) is 0 Å². The van der Waals surface area contributed by atoms with Gasteiger partial charge in [-0.3, -0.25) is 4.90 Å². The standard InChI is InChI=1S/C14H31N3/c1-13(2)6-7-14(3,12-15)17-9-5-8-16(4)10-11-17/h13H,5-12,15H2,1-4H3. The molecule has 1 rings (SSSR count). The van der Waals surface area contributed by atoms with Crippen molar-refractivity contribution in [1.82, 2.24) is 9.80 Å². The molecule has 0 spiro atoms. The van der Waals surface area contributed by atoms with Gasteiger partial charge in [-0.05, 0) is 52.2 Å². The van der Waals surface area contributed by atoms with Gasteiger partial charge in [0.25, 0.3) is 0 Å². The summed E-state index contributed by atoms with van der Waals surface area (Å²) < 4.78 is 0. The lowest BCUT2D eigenvalue weighted by Crippen LogP contribution is -2.53. The molecule has 102 valence electrons. The van der Waals surface area contributed by atoms with Gasteiger partial charge in [-0.25, -0.2) is 0 Å². The molecule has 0 aromatic rings. The Balaban J connectivity index is 2.57. The predicted octanol–water partition coefficient (Wildman–Crippen LogP) is 1.78. The summed E-state index contributed by atoms with van der Waals surface area (Å²) in [6, 6.07) is 0. The molecule has 0 amide bonds. The molecule has 1 unspecified atom stereocenters. The van der Waals surface area contributed by atoms with Gasteiger partial charge in [0.2, 0.25) is 0 Å². The molecule has 1 saturated heterocycles. The Morgan fingerprint density at radius 3 is 2.47 bits per heavy atom. The maximum Gasteiger partial charge on any atom is 0.0304 e. The highest BCUT2D eigenvalue weighted by Crippen LogP contribution is 2.24. The highest BCUT2D eigenvalue weighted by Gasteiger charge is 2.31. The van der Waals surface area contributed by atoms with Crippen LogP contribution in [-0.4, -0.2) is 55.1 Å². The first-order chi connectivity index (χ1) is 7.98. The molecule has 0 bridgehead atoms. The Bertz CT molecular complexity index is 218. The van der Waals surface area contributed by atoms with Crippen molar-refractivity contribution in [1.29, 1.82) is 0 Å². The molecule has 1 atom stereocenters. The monoisotopic (exact) mass is 241 g/mol. The normalized spacial score (nSPS) is 23.6. The van der Waals surface area contributed by atoms with Crippen LogP contribution in [0.2, 0.25) is 0 Å². The molecule has 3 nitrogen and oxygen atoms in total. The maximum absolute atomic E-state index is 6.05. The molecule has 1 heterocycles. The Hall–Kier alpha value is -0.120. The van der Waals surface area contributed by atoms with Gasteiger partial charge in [-0.1, -0.05) is 13.8 Å². The topological polar surface area (TPSA) is 32.5 Å². The van der Waals surface area contributed by atoms with Crippen molar-refractivity contribution in [2.24, 2.45) is 11.7 Å². The lowest BCUT2D eigenvalue weighted by molar-refractivity contribution is 0.100. The summed E-state index contributed by atoms with van der Waals surface area (Å²) in [6.45, 7) is 12.5. The summed E-state index contributed by atoms with van der Waals surface area (Å²) in [5, 5.41) is 0. The van der Waals surface area contributed by atoms with Gasteiger partial charge >= 0.3 is 0 Å². The van der Waals surface area contributed by atoms with E-state index in [1.165, 1.54) is 45.4 Å². The molecule has 1 fully saturated rings. The van der Waals surface area contributed by atoms with Crippen molar-refractivity contribution < 1.29 is 0 Å². The molecular formula is C14H31N3. The fourth-order valence-electron chi connectivity index (χ4n) is 2.58. The molecule has 1 aliphatic rings. The van der Waals surface area contributed by atoms with E-state index in [1.807, 2.05) is 0 Å². The summed E-state index contributed by atoms with van der Waals surface area (Å²) in [5.41, 5.74) is 6.26. The molecule has 0 saturated carbocycles. The number of hydrogen-bond acceptors (Lipinski definition) is 3. The number of nitrogens with zero attached hydrogens (tertiary/aromatic N) is 2. The second kappa shape index (κ2) is 6.72. The van der Waals surface area contributed by atoms with E-state index in [4.69, 9.17) is 5.73 Å². The maximum atomic E-state index is 6.05. The van der Waals surface area contributed by atoms with Gasteiger partial charge in [0.15, 0.2) is 0 Å². The second-order valence-corrected chi connectivity index (χ2v) is 6.28. The summed E-state index contributed by atoms with van der Waals surface area (Å²) >= 11 is 0. The highest BCUT2D eigenvalue weighted by atomic mass is 15.2. The van der Waals surface area contributed by atoms with Gasteiger partial charge in [0, 0.05) is 25.2 Å². The van der Waals surface area contributed by atoms with Crippen LogP contribution >= 0.6 is 0 Å². The van der Waals surface area contributed by atoms with Crippen molar-refractivity contribution >= 4 is 0 Å². The van der Waals surface area contributed by atoms with E-state index >= 15 is 0 Å². The minimum Gasteiger partial charge on any atom is -0.329 e. The lowest BCUT2D eigenvalue weighted by atomic mass is 9.90. The van der Waals surface area contributed by atoms with Gasteiger partial charge in [-0.2, -0.15) is 0 Å². The van der Waals surface area contributed by atoms with Crippen LogP contribution in [0, 0.1) is 5.92 Å². The average Bonchev–Trinajstić information content (AvgIpc) is 2.51. The molecule has 2 N–H and O–H groups in total. The zero-order chi connectivity index (χ0) is 12.9. The summed E-state index contributed by atoms with van der Waals surface area (Å²) in [5.74, 6) is 0.774. The van der Waals surface area contributed by atoms with Crippen LogP contribution in [0.25, 0.3) is 0 Å². The third kappa shape index (κ3) is 4.57. The van der Waals surface area contributed by atoms with Crippen LogP contribution in [0.15, 0.2) is 0 Å². The van der Waals surface area contributed by atoms with E-state index < -0.39 is 0 Å². The number of rotatable bonds is 5. The van der Waals surface area contributed by atoms with Crippen LogP contribution in [-0.2, 0) is 0 Å². The fourth-order valence-corrected chi connectivity index (χ4v) is 2.58. The van der Waals surface area contributed by atoms with Gasteiger partial charge < -0.3 is 10.6 Å². The van der Waals surface area contributed by atoms with E-state index in [1.54, 1.807) is 0 Å². The zero-order valence-corrected chi connectivity index (χ0v) is 12.2. The summed E-state index contributed by atoms with van der Waals surface area (Å²) in [4.78, 5) is 5.05. The van der Waals surface area contributed by atoms with Gasteiger partial charge in [0.1, 0.15) is 0 Å². The minimum absolute atomic E-state index is 0.204. The molecule has 0 aromatic carbocycles. The predicted molar refractivity (Wildman–Crippen MR) is 75.2 cm³/mol. The van der Waals surface area contributed by atoms with E-state index in [2.05, 4.69) is 37.6 Å². The van der Waals surface area contributed by atoms with Crippen molar-refractivity contribution in [3.63, 3.8) is 0 Å². The van der Waals surface area contributed by atoms with Crippen LogP contribution in [0.4, 0.5) is 0 Å². The van der Waals surface area contributed by atoms with Crippen molar-refractivity contribution in [3.8, 4) is 0 Å². The molecule has 3 heteroatoms. The van der Waals surface area contributed by atoms with E-state index in [-0.39, 0.29) is 5.54 Å². The Morgan fingerprint density at radius 2 is 1.88 bits per heavy atom. The minimum atomic E-state index is 0.204. The lowest BCUT2D eigenvalue weighted by Gasteiger charge is -2.40. The third-order valence-electron chi connectivity index (χ3n) is 4.18. The van der Waals surface area contributed by atoms with Crippen LogP contribution in [0.3, 0.4) is 0 Å². The summed E-state index contributed by atoms with van der Waals surface area (Å²) in [7, 11) is 2.22. The quantitative estimate of drug-likeness (QED) is 0.796. The fraction of sp³-hybridized carbons (Fsp3) is 1.00. The van der Waals surface area contributed by atoms with E-state index in [9.17, 15) is 0 Å². The van der Waals surface area contributed by atoms with Gasteiger partial charge in [-0.15, -0.1) is 0 Å². The molecule has 1 aliphatic heterocycles. The van der Waals surface area contributed by atoms with Crippen molar-refractivity contribution in [2.45, 2.75) is 45.6 Å². The second-order valence-electron chi connectivity index (χ2n) is 6.28. The smallest absolute Gasteiger partial charge is 0.0304 e. The van der Waals surface area contributed by atoms with Crippen molar-refractivity contribution in [3.05, 3.63) is 0 Å². The van der Waals surface area contributed by atoms with Gasteiger partial charge in [0.05, 0.1) is 0 Å². The number of likely N-dealkylation sites (N-methyl/N-ethyl adjacent to an activating group) is 1. The largest absolute Gasteiger partial charge is 0.329 e.